The molecule has 118 valence electrons. The number of hydrogen-bond acceptors (Lipinski definition) is 6. The van der Waals surface area contributed by atoms with Crippen molar-refractivity contribution in [3.63, 3.8) is 0 Å². The van der Waals surface area contributed by atoms with E-state index < -0.39 is 11.9 Å². The van der Waals surface area contributed by atoms with Crippen molar-refractivity contribution in [1.82, 2.24) is 4.98 Å². The van der Waals surface area contributed by atoms with E-state index in [2.05, 4.69) is 9.72 Å². The van der Waals surface area contributed by atoms with E-state index in [-0.39, 0.29) is 18.9 Å². The lowest BCUT2D eigenvalue weighted by Crippen LogP contribution is -2.07. The highest BCUT2D eigenvalue weighted by atomic mass is 16.5. The summed E-state index contributed by atoms with van der Waals surface area (Å²) in [5.74, 6) is -0.660. The Morgan fingerprint density at radius 3 is 2.45 bits per heavy atom. The smallest absolute Gasteiger partial charge is 0.354 e. The summed E-state index contributed by atoms with van der Waals surface area (Å²) in [6.07, 6.45) is 0. The van der Waals surface area contributed by atoms with Crippen LogP contribution in [0.15, 0.2) is 12.1 Å². The Labute approximate surface area is 126 Å². The zero-order valence-corrected chi connectivity index (χ0v) is 12.6. The largest absolute Gasteiger partial charge is 0.490 e. The molecule has 0 bridgehead atoms. The SMILES string of the molecule is COC(=O)c1cc2c(OCCO)cc(C(=O)OC)c(C)c2[nH]1. The molecule has 0 unspecified atom stereocenters. The predicted molar refractivity (Wildman–Crippen MR) is 78.3 cm³/mol. The number of hydrogen-bond donors (Lipinski definition) is 2. The Balaban J connectivity index is 2.67. The van der Waals surface area contributed by atoms with Crippen LogP contribution in [-0.4, -0.2) is 49.5 Å². The van der Waals surface area contributed by atoms with E-state index in [0.29, 0.717) is 27.8 Å². The lowest BCUT2D eigenvalue weighted by molar-refractivity contribution is 0.0589. The van der Waals surface area contributed by atoms with Gasteiger partial charge in [0.1, 0.15) is 18.1 Å². The third-order valence-corrected chi connectivity index (χ3v) is 3.30. The van der Waals surface area contributed by atoms with E-state index in [1.165, 1.54) is 20.3 Å². The number of aromatic amines is 1. The molecule has 0 fully saturated rings. The van der Waals surface area contributed by atoms with E-state index in [1.807, 2.05) is 0 Å². The van der Waals surface area contributed by atoms with Gasteiger partial charge >= 0.3 is 11.9 Å². The first-order chi connectivity index (χ1) is 10.5. The van der Waals surface area contributed by atoms with Crippen molar-refractivity contribution in [3.05, 3.63) is 29.0 Å². The molecule has 0 aliphatic carbocycles. The van der Waals surface area contributed by atoms with Crippen LogP contribution in [0.3, 0.4) is 0 Å². The normalized spacial score (nSPS) is 10.5. The second kappa shape index (κ2) is 6.48. The number of aromatic nitrogens is 1. The van der Waals surface area contributed by atoms with Gasteiger partial charge in [-0.05, 0) is 24.6 Å². The molecule has 1 aromatic heterocycles. The van der Waals surface area contributed by atoms with Gasteiger partial charge in [0.25, 0.3) is 0 Å². The number of benzene rings is 1. The van der Waals surface area contributed by atoms with Crippen LogP contribution >= 0.6 is 0 Å². The number of esters is 2. The van der Waals surface area contributed by atoms with Crippen LogP contribution in [0.2, 0.25) is 0 Å². The Hall–Kier alpha value is -2.54. The van der Waals surface area contributed by atoms with E-state index >= 15 is 0 Å². The molecule has 2 N–H and O–H groups in total. The number of H-pyrrole nitrogens is 1. The van der Waals surface area contributed by atoms with Gasteiger partial charge in [0.2, 0.25) is 0 Å². The maximum atomic E-state index is 11.9. The van der Waals surface area contributed by atoms with Crippen molar-refractivity contribution in [1.29, 1.82) is 0 Å². The van der Waals surface area contributed by atoms with Crippen molar-refractivity contribution in [2.75, 3.05) is 27.4 Å². The Morgan fingerprint density at radius 2 is 1.86 bits per heavy atom. The van der Waals surface area contributed by atoms with Crippen molar-refractivity contribution in [3.8, 4) is 5.75 Å². The van der Waals surface area contributed by atoms with Crippen LogP contribution in [-0.2, 0) is 9.47 Å². The highest BCUT2D eigenvalue weighted by Gasteiger charge is 2.20. The minimum atomic E-state index is -0.525. The van der Waals surface area contributed by atoms with Gasteiger partial charge in [-0.15, -0.1) is 0 Å². The highest BCUT2D eigenvalue weighted by molar-refractivity contribution is 6.03. The summed E-state index contributed by atoms with van der Waals surface area (Å²) in [7, 11) is 2.57. The molecule has 7 nitrogen and oxygen atoms in total. The quantitative estimate of drug-likeness (QED) is 0.811. The van der Waals surface area contributed by atoms with Gasteiger partial charge in [-0.1, -0.05) is 0 Å². The lowest BCUT2D eigenvalue weighted by Gasteiger charge is -2.11. The molecule has 0 aliphatic rings. The van der Waals surface area contributed by atoms with Crippen molar-refractivity contribution < 1.29 is 28.9 Å². The molecular weight excluding hydrogens is 290 g/mol. The second-order valence-electron chi connectivity index (χ2n) is 4.57. The van der Waals surface area contributed by atoms with Crippen LogP contribution < -0.4 is 4.74 Å². The van der Waals surface area contributed by atoms with Crippen LogP contribution in [0.5, 0.6) is 5.75 Å². The number of aliphatic hydroxyl groups is 1. The standard InChI is InChI=1S/C15H17NO6/c1-8-9(14(18)20-2)7-12(22-5-4-17)10-6-11(15(19)21-3)16-13(8)10/h6-7,16-17H,4-5H2,1-3H3. The molecule has 0 atom stereocenters. The summed E-state index contributed by atoms with van der Waals surface area (Å²) in [4.78, 5) is 26.5. The molecule has 1 aromatic carbocycles. The van der Waals surface area contributed by atoms with E-state index in [4.69, 9.17) is 14.6 Å². The molecule has 0 saturated carbocycles. The maximum Gasteiger partial charge on any atom is 0.354 e. The van der Waals surface area contributed by atoms with Crippen LogP contribution in [0.1, 0.15) is 26.4 Å². The average Bonchev–Trinajstić information content (AvgIpc) is 2.98. The predicted octanol–water partition coefficient (Wildman–Crippen LogP) is 1.42. The average molecular weight is 307 g/mol. The molecule has 2 aromatic rings. The van der Waals surface area contributed by atoms with Gasteiger partial charge in [0, 0.05) is 5.39 Å². The third-order valence-electron chi connectivity index (χ3n) is 3.30. The molecule has 0 radical (unpaired) electrons. The van der Waals surface area contributed by atoms with Crippen LogP contribution in [0.25, 0.3) is 10.9 Å². The number of methoxy groups -OCH3 is 2. The minimum Gasteiger partial charge on any atom is -0.490 e. The van der Waals surface area contributed by atoms with E-state index in [1.54, 1.807) is 13.0 Å². The Kier molecular flexibility index (Phi) is 4.67. The number of nitrogens with one attached hydrogen (secondary N) is 1. The number of carbonyl (C=O) groups excluding carboxylic acids is 2. The Bertz CT molecular complexity index is 718. The zero-order chi connectivity index (χ0) is 16.3. The summed E-state index contributed by atoms with van der Waals surface area (Å²) < 4.78 is 14.9. The van der Waals surface area contributed by atoms with Crippen LogP contribution in [0.4, 0.5) is 0 Å². The minimum absolute atomic E-state index is 0.0670. The topological polar surface area (TPSA) is 97.9 Å². The van der Waals surface area contributed by atoms with Crippen molar-refractivity contribution in [2.45, 2.75) is 6.92 Å². The highest BCUT2D eigenvalue weighted by Crippen LogP contribution is 2.32. The van der Waals surface area contributed by atoms with Gasteiger partial charge in [-0.2, -0.15) is 0 Å². The lowest BCUT2D eigenvalue weighted by atomic mass is 10.0. The number of aryl methyl sites for hydroxylation is 1. The molecular formula is C15H17NO6. The van der Waals surface area contributed by atoms with Gasteiger partial charge < -0.3 is 24.3 Å². The first-order valence-electron chi connectivity index (χ1n) is 6.60. The van der Waals surface area contributed by atoms with Crippen molar-refractivity contribution in [2.24, 2.45) is 0 Å². The summed E-state index contributed by atoms with van der Waals surface area (Å²) in [6, 6.07) is 3.12. The second-order valence-corrected chi connectivity index (χ2v) is 4.57. The first kappa shape index (κ1) is 15.8. The monoisotopic (exact) mass is 307 g/mol. The number of rotatable bonds is 5. The molecule has 0 aliphatic heterocycles. The number of aliphatic hydroxyl groups excluding tert-OH is 1. The van der Waals surface area contributed by atoms with Gasteiger partial charge in [-0.25, -0.2) is 9.59 Å². The number of fused-ring (bicyclic) bond motifs is 1. The fourth-order valence-electron chi connectivity index (χ4n) is 2.21. The van der Waals surface area contributed by atoms with E-state index in [0.717, 1.165) is 0 Å². The molecule has 1 heterocycles. The summed E-state index contributed by atoms with van der Waals surface area (Å²) in [5, 5.41) is 9.54. The molecule has 2 rings (SSSR count). The van der Waals surface area contributed by atoms with Gasteiger partial charge in [0.05, 0.1) is 31.9 Å². The summed E-state index contributed by atoms with van der Waals surface area (Å²) in [5.41, 5.74) is 1.78. The fraction of sp³-hybridized carbons (Fsp3) is 0.333. The number of ether oxygens (including phenoxy) is 3. The first-order valence-corrected chi connectivity index (χ1v) is 6.60. The molecule has 0 amide bonds. The Morgan fingerprint density at radius 1 is 1.18 bits per heavy atom. The van der Waals surface area contributed by atoms with Gasteiger partial charge in [0.15, 0.2) is 0 Å². The third kappa shape index (κ3) is 2.75. The zero-order valence-electron chi connectivity index (χ0n) is 12.6. The summed E-state index contributed by atoms with van der Waals surface area (Å²) in [6.45, 7) is 1.64. The van der Waals surface area contributed by atoms with E-state index in [9.17, 15) is 9.59 Å². The summed E-state index contributed by atoms with van der Waals surface area (Å²) >= 11 is 0. The van der Waals surface area contributed by atoms with Gasteiger partial charge in [-0.3, -0.25) is 0 Å². The molecule has 7 heteroatoms. The van der Waals surface area contributed by atoms with Crippen molar-refractivity contribution >= 4 is 22.8 Å². The molecule has 0 spiro atoms. The van der Waals surface area contributed by atoms with Crippen LogP contribution in [0, 0.1) is 6.92 Å². The molecule has 0 saturated heterocycles. The fourth-order valence-corrected chi connectivity index (χ4v) is 2.21. The number of carbonyl (C=O) groups is 2. The maximum absolute atomic E-state index is 11.9. The molecule has 22 heavy (non-hydrogen) atoms.